The topological polar surface area (TPSA) is 78.4 Å². The third-order valence-corrected chi connectivity index (χ3v) is 6.61. The van der Waals surface area contributed by atoms with Crippen LogP contribution in [0.3, 0.4) is 0 Å². The summed E-state index contributed by atoms with van der Waals surface area (Å²) in [6, 6.07) is 23.1. The number of hydrogen-bond acceptors (Lipinski definition) is 4. The zero-order valence-electron chi connectivity index (χ0n) is 18.9. The van der Waals surface area contributed by atoms with Gasteiger partial charge in [0, 0.05) is 42.3 Å². The molecule has 2 N–H and O–H groups in total. The number of H-pyrrole nitrogens is 2. The van der Waals surface area contributed by atoms with Gasteiger partial charge < -0.3 is 4.98 Å². The summed E-state index contributed by atoms with van der Waals surface area (Å²) in [6.45, 7) is 3.08. The molecule has 1 saturated heterocycles. The molecule has 3 aromatic heterocycles. The number of benzene rings is 2. The highest BCUT2D eigenvalue weighted by Crippen LogP contribution is 2.28. The van der Waals surface area contributed by atoms with Crippen molar-refractivity contribution in [1.29, 1.82) is 0 Å². The van der Waals surface area contributed by atoms with Crippen molar-refractivity contribution in [3.8, 4) is 28.6 Å². The molecule has 5 aromatic rings. The number of piperidine rings is 1. The Hall–Kier alpha value is -3.97. The summed E-state index contributed by atoms with van der Waals surface area (Å²) in [6.07, 6.45) is 7.94. The minimum absolute atomic E-state index is 0.437. The molecule has 0 spiro atoms. The normalized spacial score (nSPS) is 15.1. The minimum Gasteiger partial charge on any atom is -0.359 e. The molecule has 2 aromatic carbocycles. The summed E-state index contributed by atoms with van der Waals surface area (Å²) < 4.78 is 2.13. The maximum absolute atomic E-state index is 4.72. The molecular formula is C27H27N7. The van der Waals surface area contributed by atoms with Crippen LogP contribution in [0.4, 0.5) is 0 Å². The van der Waals surface area contributed by atoms with Crippen LogP contribution in [0.25, 0.3) is 28.6 Å². The quantitative estimate of drug-likeness (QED) is 0.381. The van der Waals surface area contributed by atoms with Crippen LogP contribution in [-0.2, 0) is 6.54 Å². The fourth-order valence-corrected chi connectivity index (χ4v) is 4.74. The molecule has 0 radical (unpaired) electrons. The summed E-state index contributed by atoms with van der Waals surface area (Å²) in [5.41, 5.74) is 4.52. The lowest BCUT2D eigenvalue weighted by Crippen LogP contribution is -2.32. The Bertz CT molecular complexity index is 1330. The van der Waals surface area contributed by atoms with Crippen LogP contribution in [0.1, 0.15) is 30.1 Å². The van der Waals surface area contributed by atoms with Gasteiger partial charge >= 0.3 is 0 Å². The van der Waals surface area contributed by atoms with Crippen molar-refractivity contribution < 1.29 is 0 Å². The van der Waals surface area contributed by atoms with Gasteiger partial charge in [0.15, 0.2) is 5.82 Å². The Labute approximate surface area is 198 Å². The molecule has 0 bridgehead atoms. The lowest BCUT2D eigenvalue weighted by atomic mass is 9.96. The van der Waals surface area contributed by atoms with E-state index in [-0.39, 0.29) is 0 Å². The SMILES string of the molecule is c1ccc(-n2ccnc2-c2ccc(CN3CCC(c4nc(-c5ccc[nH]5)n[nH]4)CC3)cc2)cc1. The van der Waals surface area contributed by atoms with Crippen LogP contribution >= 0.6 is 0 Å². The van der Waals surface area contributed by atoms with Gasteiger partial charge in [-0.1, -0.05) is 42.5 Å². The summed E-state index contributed by atoms with van der Waals surface area (Å²) in [7, 11) is 0. The number of nitrogens with zero attached hydrogens (tertiary/aromatic N) is 5. The Morgan fingerprint density at radius 1 is 0.912 bits per heavy atom. The van der Waals surface area contributed by atoms with E-state index in [0.717, 1.165) is 66.9 Å². The molecule has 1 fully saturated rings. The number of nitrogens with one attached hydrogen (secondary N) is 2. The maximum atomic E-state index is 4.72. The predicted molar refractivity (Wildman–Crippen MR) is 132 cm³/mol. The molecule has 170 valence electrons. The number of aromatic amines is 2. The van der Waals surface area contributed by atoms with Crippen molar-refractivity contribution in [2.45, 2.75) is 25.3 Å². The van der Waals surface area contributed by atoms with E-state index in [9.17, 15) is 0 Å². The fourth-order valence-electron chi connectivity index (χ4n) is 4.74. The largest absolute Gasteiger partial charge is 0.359 e. The molecule has 7 heteroatoms. The molecule has 0 unspecified atom stereocenters. The van der Waals surface area contributed by atoms with Crippen LogP contribution in [0.5, 0.6) is 0 Å². The van der Waals surface area contributed by atoms with Gasteiger partial charge in [0.1, 0.15) is 11.6 Å². The van der Waals surface area contributed by atoms with Crippen molar-refractivity contribution in [3.05, 3.63) is 96.7 Å². The monoisotopic (exact) mass is 449 g/mol. The summed E-state index contributed by atoms with van der Waals surface area (Å²) in [5, 5.41) is 7.54. The fraction of sp³-hybridized carbons (Fsp3) is 0.222. The molecule has 0 atom stereocenters. The third-order valence-electron chi connectivity index (χ3n) is 6.61. The van der Waals surface area contributed by atoms with Gasteiger partial charge in [0.05, 0.1) is 5.69 Å². The van der Waals surface area contributed by atoms with Crippen molar-refractivity contribution in [2.24, 2.45) is 0 Å². The van der Waals surface area contributed by atoms with Gasteiger partial charge in [-0.2, -0.15) is 5.10 Å². The van der Waals surface area contributed by atoms with Gasteiger partial charge in [-0.3, -0.25) is 14.6 Å². The van der Waals surface area contributed by atoms with E-state index < -0.39 is 0 Å². The lowest BCUT2D eigenvalue weighted by Gasteiger charge is -2.30. The van der Waals surface area contributed by atoms with Crippen molar-refractivity contribution in [2.75, 3.05) is 13.1 Å². The molecule has 7 nitrogen and oxygen atoms in total. The average molecular weight is 450 g/mol. The first-order chi connectivity index (χ1) is 16.8. The smallest absolute Gasteiger partial charge is 0.197 e. The Morgan fingerprint density at radius 2 is 1.74 bits per heavy atom. The number of hydrogen-bond donors (Lipinski definition) is 2. The van der Waals surface area contributed by atoms with Gasteiger partial charge in [-0.15, -0.1) is 0 Å². The molecule has 1 aliphatic heterocycles. The van der Waals surface area contributed by atoms with E-state index >= 15 is 0 Å². The lowest BCUT2D eigenvalue weighted by molar-refractivity contribution is 0.202. The number of imidazole rings is 1. The Morgan fingerprint density at radius 3 is 2.50 bits per heavy atom. The maximum Gasteiger partial charge on any atom is 0.197 e. The zero-order valence-corrected chi connectivity index (χ0v) is 18.9. The number of aromatic nitrogens is 6. The predicted octanol–water partition coefficient (Wildman–Crippen LogP) is 5.03. The van der Waals surface area contributed by atoms with Crippen molar-refractivity contribution in [3.63, 3.8) is 0 Å². The first-order valence-corrected chi connectivity index (χ1v) is 11.8. The van der Waals surface area contributed by atoms with Crippen molar-refractivity contribution >= 4 is 0 Å². The Kier molecular flexibility index (Phi) is 5.53. The van der Waals surface area contributed by atoms with E-state index in [4.69, 9.17) is 4.98 Å². The van der Waals surface area contributed by atoms with Gasteiger partial charge in [-0.05, 0) is 55.8 Å². The van der Waals surface area contributed by atoms with Gasteiger partial charge in [-0.25, -0.2) is 9.97 Å². The highest BCUT2D eigenvalue weighted by atomic mass is 15.2. The van der Waals surface area contributed by atoms with Crippen LogP contribution in [0.15, 0.2) is 85.3 Å². The van der Waals surface area contributed by atoms with Gasteiger partial charge in [0.25, 0.3) is 0 Å². The second-order valence-electron chi connectivity index (χ2n) is 8.83. The van der Waals surface area contributed by atoms with E-state index in [1.165, 1.54) is 5.56 Å². The number of para-hydroxylation sites is 1. The first kappa shape index (κ1) is 20.6. The second-order valence-corrected chi connectivity index (χ2v) is 8.83. The number of rotatable bonds is 6. The minimum atomic E-state index is 0.437. The van der Waals surface area contributed by atoms with Crippen LogP contribution in [-0.4, -0.2) is 47.7 Å². The van der Waals surface area contributed by atoms with E-state index in [2.05, 4.69) is 78.2 Å². The van der Waals surface area contributed by atoms with Crippen LogP contribution < -0.4 is 0 Å². The summed E-state index contributed by atoms with van der Waals surface area (Å²) >= 11 is 0. The molecular weight excluding hydrogens is 422 g/mol. The van der Waals surface area contributed by atoms with Crippen LogP contribution in [0, 0.1) is 0 Å². The molecule has 1 aliphatic rings. The summed E-state index contributed by atoms with van der Waals surface area (Å²) in [4.78, 5) is 15.0. The standard InChI is InChI=1S/C27H27N7/c1-2-5-23(6-3-1)34-18-15-29-27(34)22-10-8-20(9-11-22)19-33-16-12-21(13-17-33)25-30-26(32-31-25)24-7-4-14-28-24/h1-11,14-15,18,21,28H,12-13,16-17,19H2,(H,30,31,32). The third kappa shape index (κ3) is 4.18. The highest BCUT2D eigenvalue weighted by molar-refractivity contribution is 5.59. The first-order valence-electron chi connectivity index (χ1n) is 11.8. The zero-order chi connectivity index (χ0) is 22.7. The average Bonchev–Trinajstić information content (AvgIpc) is 3.67. The van der Waals surface area contributed by atoms with Gasteiger partial charge in [0.2, 0.25) is 0 Å². The molecule has 6 rings (SSSR count). The van der Waals surface area contributed by atoms with E-state index in [0.29, 0.717) is 5.92 Å². The van der Waals surface area contributed by atoms with Crippen molar-refractivity contribution in [1.82, 2.24) is 34.6 Å². The number of likely N-dealkylation sites (tertiary alicyclic amines) is 1. The molecule has 34 heavy (non-hydrogen) atoms. The van der Waals surface area contributed by atoms with E-state index in [1.807, 2.05) is 36.8 Å². The highest BCUT2D eigenvalue weighted by Gasteiger charge is 2.23. The molecule has 4 heterocycles. The summed E-state index contributed by atoms with van der Waals surface area (Å²) in [5.74, 6) is 3.15. The van der Waals surface area contributed by atoms with E-state index in [1.54, 1.807) is 0 Å². The molecule has 0 saturated carbocycles. The molecule has 0 aliphatic carbocycles. The Balaban J connectivity index is 1.08. The second kappa shape index (κ2) is 9.11. The van der Waals surface area contributed by atoms with Crippen LogP contribution in [0.2, 0.25) is 0 Å². The molecule has 0 amide bonds.